The van der Waals surface area contributed by atoms with Crippen LogP contribution in [0.15, 0.2) is 78.4 Å². The Balaban J connectivity index is 1.95. The van der Waals surface area contributed by atoms with Crippen LogP contribution in [0.4, 0.5) is 16.2 Å². The number of amides is 4. The van der Waals surface area contributed by atoms with Crippen LogP contribution < -0.4 is 19.3 Å². The van der Waals surface area contributed by atoms with E-state index < -0.39 is 17.8 Å². The van der Waals surface area contributed by atoms with Gasteiger partial charge in [-0.1, -0.05) is 54.1 Å². The average molecular weight is 463 g/mol. The molecule has 0 aromatic heterocycles. The molecule has 0 unspecified atom stereocenters. The Bertz CT molecular complexity index is 1220. The van der Waals surface area contributed by atoms with Gasteiger partial charge in [-0.15, -0.1) is 0 Å². The number of halogens is 1. The van der Waals surface area contributed by atoms with Crippen molar-refractivity contribution in [3.8, 4) is 11.5 Å². The summed E-state index contributed by atoms with van der Waals surface area (Å²) in [6, 6.07) is 19.1. The van der Waals surface area contributed by atoms with E-state index in [-0.39, 0.29) is 16.9 Å². The van der Waals surface area contributed by atoms with Crippen molar-refractivity contribution in [2.24, 2.45) is 0 Å². The summed E-state index contributed by atoms with van der Waals surface area (Å²) in [5.41, 5.74) is 0.629. The Labute approximate surface area is 195 Å². The number of para-hydroxylation sites is 4. The second-order valence-electron chi connectivity index (χ2n) is 6.99. The average Bonchev–Trinajstić information content (AvgIpc) is 2.83. The zero-order valence-corrected chi connectivity index (χ0v) is 18.6. The van der Waals surface area contributed by atoms with Gasteiger partial charge in [-0.2, -0.15) is 0 Å². The lowest BCUT2D eigenvalue weighted by Gasteiger charge is -2.34. The maximum Gasteiger partial charge on any atom is 0.343 e. The Morgan fingerprint density at radius 2 is 1.15 bits per heavy atom. The molecule has 1 fully saturated rings. The largest absolute Gasteiger partial charge is 0.495 e. The number of imide groups is 2. The van der Waals surface area contributed by atoms with Crippen LogP contribution in [0.2, 0.25) is 5.02 Å². The number of anilines is 2. The van der Waals surface area contributed by atoms with Gasteiger partial charge in [0.1, 0.15) is 17.1 Å². The second kappa shape index (κ2) is 9.18. The molecule has 1 aliphatic heterocycles. The van der Waals surface area contributed by atoms with Crippen LogP contribution in [0.5, 0.6) is 11.5 Å². The van der Waals surface area contributed by atoms with E-state index >= 15 is 0 Å². The molecule has 33 heavy (non-hydrogen) atoms. The van der Waals surface area contributed by atoms with Gasteiger partial charge in [0.05, 0.1) is 25.6 Å². The maximum absolute atomic E-state index is 13.6. The Hall–Kier alpha value is -4.10. The van der Waals surface area contributed by atoms with E-state index in [1.807, 2.05) is 0 Å². The predicted octanol–water partition coefficient (Wildman–Crippen LogP) is 4.94. The second-order valence-corrected chi connectivity index (χ2v) is 7.39. The van der Waals surface area contributed by atoms with Gasteiger partial charge in [0, 0.05) is 5.02 Å². The van der Waals surface area contributed by atoms with Crippen LogP contribution in [-0.2, 0) is 9.59 Å². The number of rotatable bonds is 5. The third kappa shape index (κ3) is 3.94. The summed E-state index contributed by atoms with van der Waals surface area (Å²) in [4.78, 5) is 42.5. The van der Waals surface area contributed by atoms with E-state index in [4.69, 9.17) is 21.1 Å². The minimum atomic E-state index is -0.852. The van der Waals surface area contributed by atoms with E-state index in [0.29, 0.717) is 22.1 Å². The fourth-order valence-electron chi connectivity index (χ4n) is 3.53. The molecule has 0 spiro atoms. The van der Waals surface area contributed by atoms with Gasteiger partial charge in [-0.05, 0) is 42.0 Å². The summed E-state index contributed by atoms with van der Waals surface area (Å²) in [5, 5.41) is 0.357. The third-order valence-corrected chi connectivity index (χ3v) is 5.45. The molecule has 0 bridgehead atoms. The first-order valence-electron chi connectivity index (χ1n) is 9.93. The monoisotopic (exact) mass is 462 g/mol. The van der Waals surface area contributed by atoms with Crippen molar-refractivity contribution in [1.29, 1.82) is 0 Å². The molecule has 4 rings (SSSR count). The van der Waals surface area contributed by atoms with Crippen LogP contribution in [0, 0.1) is 0 Å². The van der Waals surface area contributed by atoms with Crippen molar-refractivity contribution >= 4 is 46.9 Å². The lowest BCUT2D eigenvalue weighted by Crippen LogP contribution is -2.57. The molecule has 0 aliphatic carbocycles. The van der Waals surface area contributed by atoms with Gasteiger partial charge in [0.15, 0.2) is 0 Å². The van der Waals surface area contributed by atoms with Crippen molar-refractivity contribution in [1.82, 2.24) is 0 Å². The molecular weight excluding hydrogens is 444 g/mol. The van der Waals surface area contributed by atoms with Crippen molar-refractivity contribution in [3.05, 3.63) is 89.0 Å². The highest BCUT2D eigenvalue weighted by Gasteiger charge is 2.45. The van der Waals surface area contributed by atoms with Gasteiger partial charge in [-0.25, -0.2) is 14.6 Å². The highest BCUT2D eigenvalue weighted by Crippen LogP contribution is 2.37. The van der Waals surface area contributed by atoms with E-state index in [0.717, 1.165) is 9.80 Å². The molecule has 3 aromatic rings. The molecule has 0 N–H and O–H groups in total. The number of barbiturate groups is 1. The van der Waals surface area contributed by atoms with Gasteiger partial charge in [-0.3, -0.25) is 9.59 Å². The first kappa shape index (κ1) is 22.1. The van der Waals surface area contributed by atoms with Gasteiger partial charge in [0.2, 0.25) is 0 Å². The third-order valence-electron chi connectivity index (χ3n) is 5.11. The van der Waals surface area contributed by atoms with Crippen LogP contribution in [-0.4, -0.2) is 32.1 Å². The summed E-state index contributed by atoms with van der Waals surface area (Å²) in [6.07, 6.45) is 1.38. The predicted molar refractivity (Wildman–Crippen MR) is 126 cm³/mol. The normalized spacial score (nSPS) is 13.9. The molecule has 1 aliphatic rings. The number of hydrogen-bond donors (Lipinski definition) is 0. The molecule has 7 nitrogen and oxygen atoms in total. The fraction of sp³-hybridized carbons (Fsp3) is 0.0800. The molecule has 3 aromatic carbocycles. The fourth-order valence-corrected chi connectivity index (χ4v) is 3.72. The number of benzene rings is 3. The molecule has 1 heterocycles. The molecule has 0 saturated carbocycles. The highest BCUT2D eigenvalue weighted by molar-refractivity contribution is 6.46. The van der Waals surface area contributed by atoms with Gasteiger partial charge in [0.25, 0.3) is 11.8 Å². The zero-order chi connectivity index (χ0) is 23.5. The summed E-state index contributed by atoms with van der Waals surface area (Å²) < 4.78 is 10.7. The number of carbonyl (C=O) groups excluding carboxylic acids is 3. The Morgan fingerprint density at radius 3 is 1.64 bits per heavy atom. The minimum absolute atomic E-state index is 0.201. The van der Waals surface area contributed by atoms with Crippen LogP contribution in [0.3, 0.4) is 0 Å². The molecule has 166 valence electrons. The first-order valence-corrected chi connectivity index (χ1v) is 10.3. The van der Waals surface area contributed by atoms with Crippen molar-refractivity contribution < 1.29 is 23.9 Å². The lowest BCUT2D eigenvalue weighted by molar-refractivity contribution is -0.121. The smallest absolute Gasteiger partial charge is 0.343 e. The molecule has 4 amide bonds. The summed E-state index contributed by atoms with van der Waals surface area (Å²) in [5.74, 6) is -0.989. The van der Waals surface area contributed by atoms with Crippen molar-refractivity contribution in [3.63, 3.8) is 0 Å². The SMILES string of the molecule is COc1ccccc1N1C(=O)C(=Cc2ccccc2Cl)C(=O)N(c2ccccc2OC)C1=O. The van der Waals surface area contributed by atoms with Crippen molar-refractivity contribution in [2.75, 3.05) is 24.0 Å². The van der Waals surface area contributed by atoms with E-state index in [1.54, 1.807) is 72.8 Å². The number of urea groups is 1. The van der Waals surface area contributed by atoms with Crippen LogP contribution in [0.1, 0.15) is 5.56 Å². The van der Waals surface area contributed by atoms with Gasteiger partial charge >= 0.3 is 6.03 Å². The molecule has 0 atom stereocenters. The first-order chi connectivity index (χ1) is 16.0. The number of hydrogen-bond acceptors (Lipinski definition) is 5. The topological polar surface area (TPSA) is 76.2 Å². The summed E-state index contributed by atoms with van der Waals surface area (Å²) in [6.45, 7) is 0. The van der Waals surface area contributed by atoms with Crippen molar-refractivity contribution in [2.45, 2.75) is 0 Å². The van der Waals surface area contributed by atoms with E-state index in [9.17, 15) is 14.4 Å². The number of carbonyl (C=O) groups is 3. The standard InChI is InChI=1S/C25H19ClN2O5/c1-32-21-13-7-5-11-19(21)27-23(29)17(15-16-9-3-4-10-18(16)26)24(30)28(25(27)31)20-12-6-8-14-22(20)33-2/h3-15H,1-2H3. The van der Waals surface area contributed by atoms with Crippen LogP contribution >= 0.6 is 11.6 Å². The van der Waals surface area contributed by atoms with E-state index in [1.165, 1.54) is 20.3 Å². The number of ether oxygens (including phenoxy) is 2. The lowest BCUT2D eigenvalue weighted by atomic mass is 10.0. The summed E-state index contributed by atoms with van der Waals surface area (Å²) in [7, 11) is 2.86. The molecule has 0 radical (unpaired) electrons. The minimum Gasteiger partial charge on any atom is -0.495 e. The highest BCUT2D eigenvalue weighted by atomic mass is 35.5. The van der Waals surface area contributed by atoms with Crippen LogP contribution in [0.25, 0.3) is 6.08 Å². The summed E-state index contributed by atoms with van der Waals surface area (Å²) >= 11 is 6.27. The number of methoxy groups -OCH3 is 2. The molecular formula is C25H19ClN2O5. The van der Waals surface area contributed by atoms with Gasteiger partial charge < -0.3 is 9.47 Å². The Kier molecular flexibility index (Phi) is 6.15. The Morgan fingerprint density at radius 1 is 0.697 bits per heavy atom. The molecule has 1 saturated heterocycles. The molecule has 8 heteroatoms. The maximum atomic E-state index is 13.6. The number of nitrogens with zero attached hydrogens (tertiary/aromatic N) is 2. The van der Waals surface area contributed by atoms with E-state index in [2.05, 4.69) is 0 Å². The quantitative estimate of drug-likeness (QED) is 0.396. The zero-order valence-electron chi connectivity index (χ0n) is 17.8.